The van der Waals surface area contributed by atoms with Gasteiger partial charge < -0.3 is 9.32 Å². The van der Waals surface area contributed by atoms with E-state index >= 15 is 0 Å². The third kappa shape index (κ3) is 4.75. The van der Waals surface area contributed by atoms with Crippen molar-refractivity contribution in [3.8, 4) is 0 Å². The summed E-state index contributed by atoms with van der Waals surface area (Å²) in [7, 11) is 0. The van der Waals surface area contributed by atoms with Crippen molar-refractivity contribution in [2.75, 3.05) is 13.1 Å². The first-order valence-electron chi connectivity index (χ1n) is 10.7. The van der Waals surface area contributed by atoms with Gasteiger partial charge in [0.1, 0.15) is 0 Å². The van der Waals surface area contributed by atoms with Gasteiger partial charge in [-0.3, -0.25) is 25.2 Å². The quantitative estimate of drug-likeness (QED) is 0.733. The van der Waals surface area contributed by atoms with Gasteiger partial charge in [0, 0.05) is 18.0 Å². The number of furan rings is 1. The van der Waals surface area contributed by atoms with Crippen molar-refractivity contribution in [2.24, 2.45) is 5.92 Å². The van der Waals surface area contributed by atoms with Gasteiger partial charge in [0.05, 0.1) is 17.1 Å². The maximum atomic E-state index is 12.6. The van der Waals surface area contributed by atoms with Crippen LogP contribution in [-0.2, 0) is 17.6 Å². The number of amides is 3. The summed E-state index contributed by atoms with van der Waals surface area (Å²) in [6.07, 6.45) is 9.74. The normalized spacial score (nSPS) is 19.3. The summed E-state index contributed by atoms with van der Waals surface area (Å²) >= 11 is 1.53. The number of nitrogens with one attached hydrogen (secondary N) is 2. The van der Waals surface area contributed by atoms with Gasteiger partial charge in [-0.15, -0.1) is 11.3 Å². The summed E-state index contributed by atoms with van der Waals surface area (Å²) < 4.78 is 5.17. The molecule has 1 saturated heterocycles. The lowest BCUT2D eigenvalue weighted by molar-refractivity contribution is -0.127. The van der Waals surface area contributed by atoms with Crippen molar-refractivity contribution >= 4 is 29.1 Å². The number of likely N-dealkylation sites (tertiary alicyclic amines) is 1. The maximum absolute atomic E-state index is 12.6. The Labute approximate surface area is 179 Å². The number of piperidine rings is 1. The van der Waals surface area contributed by atoms with E-state index in [4.69, 9.17) is 4.42 Å². The summed E-state index contributed by atoms with van der Waals surface area (Å²) in [5.74, 6) is -0.841. The van der Waals surface area contributed by atoms with Gasteiger partial charge in [-0.05, 0) is 62.3 Å². The Bertz CT molecular complexity index is 880. The molecule has 7 nitrogen and oxygen atoms in total. The van der Waals surface area contributed by atoms with Crippen LogP contribution in [0.2, 0.25) is 0 Å². The summed E-state index contributed by atoms with van der Waals surface area (Å²) in [6.45, 7) is 0.908. The molecule has 0 aromatic carbocycles. The number of thiophene rings is 1. The van der Waals surface area contributed by atoms with E-state index in [1.54, 1.807) is 17.0 Å². The smallest absolute Gasteiger partial charge is 0.289 e. The Morgan fingerprint density at radius 2 is 1.90 bits per heavy atom. The topological polar surface area (TPSA) is 91.7 Å². The van der Waals surface area contributed by atoms with Gasteiger partial charge >= 0.3 is 0 Å². The lowest BCUT2D eigenvalue weighted by atomic mass is 9.97. The standard InChI is InChI=1S/C22H27N3O4S/c26-20(16-8-5-11-25(14-16)22(28)17-9-6-12-29-17)23-24-21(27)19-13-15-7-3-1-2-4-10-18(15)30-19/h6,9,12-13,16H,1-5,7-8,10-11,14H2,(H,23,26)(H,24,27). The first-order chi connectivity index (χ1) is 14.6. The van der Waals surface area contributed by atoms with Crippen LogP contribution in [0.5, 0.6) is 0 Å². The van der Waals surface area contributed by atoms with Crippen molar-refractivity contribution < 1.29 is 18.8 Å². The molecule has 0 spiro atoms. The lowest BCUT2D eigenvalue weighted by Crippen LogP contribution is -2.49. The van der Waals surface area contributed by atoms with Gasteiger partial charge in [-0.25, -0.2) is 0 Å². The molecule has 3 amide bonds. The fraction of sp³-hybridized carbons (Fsp3) is 0.500. The number of aryl methyl sites for hydroxylation is 2. The van der Waals surface area contributed by atoms with E-state index in [0.717, 1.165) is 25.7 Å². The predicted molar refractivity (Wildman–Crippen MR) is 113 cm³/mol. The van der Waals surface area contributed by atoms with Crippen molar-refractivity contribution in [3.05, 3.63) is 45.5 Å². The molecule has 2 aromatic rings. The highest BCUT2D eigenvalue weighted by atomic mass is 32.1. The Balaban J connectivity index is 1.31. The van der Waals surface area contributed by atoms with Crippen molar-refractivity contribution in [2.45, 2.75) is 51.4 Å². The second kappa shape index (κ2) is 9.47. The molecule has 1 aliphatic heterocycles. The van der Waals surface area contributed by atoms with Gasteiger partial charge in [-0.1, -0.05) is 12.8 Å². The minimum Gasteiger partial charge on any atom is -0.459 e. The summed E-state index contributed by atoms with van der Waals surface area (Å²) in [5.41, 5.74) is 6.39. The van der Waals surface area contributed by atoms with Gasteiger partial charge in [-0.2, -0.15) is 0 Å². The van der Waals surface area contributed by atoms with E-state index < -0.39 is 0 Å². The van der Waals surface area contributed by atoms with Gasteiger partial charge in [0.15, 0.2) is 5.76 Å². The molecule has 0 radical (unpaired) electrons. The van der Waals surface area contributed by atoms with E-state index in [1.807, 2.05) is 6.07 Å². The van der Waals surface area contributed by atoms with Crippen molar-refractivity contribution in [1.82, 2.24) is 15.8 Å². The molecule has 2 aromatic heterocycles. The van der Waals surface area contributed by atoms with E-state index in [2.05, 4.69) is 10.9 Å². The second-order valence-corrected chi connectivity index (χ2v) is 9.12. The Kier molecular flexibility index (Phi) is 6.52. The van der Waals surface area contributed by atoms with Gasteiger partial charge in [0.2, 0.25) is 5.91 Å². The number of nitrogens with zero attached hydrogens (tertiary/aromatic N) is 1. The number of hydrogen-bond donors (Lipinski definition) is 2. The highest BCUT2D eigenvalue weighted by Crippen LogP contribution is 2.28. The Hall–Kier alpha value is -2.61. The predicted octanol–water partition coefficient (Wildman–Crippen LogP) is 3.31. The highest BCUT2D eigenvalue weighted by Gasteiger charge is 2.30. The third-order valence-electron chi connectivity index (χ3n) is 5.83. The molecule has 160 valence electrons. The van der Waals surface area contributed by atoms with Crippen LogP contribution in [0.4, 0.5) is 0 Å². The van der Waals surface area contributed by atoms with E-state index in [0.29, 0.717) is 24.4 Å². The SMILES string of the molecule is O=C(NNC(=O)C1CCCN(C(=O)c2ccco2)C1)c1cc2c(s1)CCCCCC2. The van der Waals surface area contributed by atoms with E-state index in [-0.39, 0.29) is 29.4 Å². The zero-order chi connectivity index (χ0) is 20.9. The summed E-state index contributed by atoms with van der Waals surface area (Å²) in [6, 6.07) is 5.26. The van der Waals surface area contributed by atoms with Crippen LogP contribution >= 0.6 is 11.3 Å². The van der Waals surface area contributed by atoms with Crippen LogP contribution in [0, 0.1) is 5.92 Å². The van der Waals surface area contributed by atoms with Gasteiger partial charge in [0.25, 0.3) is 11.8 Å². The first kappa shape index (κ1) is 20.7. The average molecular weight is 430 g/mol. The Morgan fingerprint density at radius 1 is 1.07 bits per heavy atom. The van der Waals surface area contributed by atoms with E-state index in [9.17, 15) is 14.4 Å². The van der Waals surface area contributed by atoms with Crippen LogP contribution in [0.1, 0.15) is 69.2 Å². The molecule has 2 aliphatic rings. The number of rotatable bonds is 3. The molecular formula is C22H27N3O4S. The number of carbonyl (C=O) groups is 3. The summed E-state index contributed by atoms with van der Waals surface area (Å²) in [5, 5.41) is 0. The van der Waals surface area contributed by atoms with Crippen LogP contribution in [-0.4, -0.2) is 35.7 Å². The Morgan fingerprint density at radius 3 is 2.70 bits per heavy atom. The molecule has 1 aliphatic carbocycles. The van der Waals surface area contributed by atoms with Crippen molar-refractivity contribution in [3.63, 3.8) is 0 Å². The summed E-state index contributed by atoms with van der Waals surface area (Å²) in [4.78, 5) is 41.2. The highest BCUT2D eigenvalue weighted by molar-refractivity contribution is 7.14. The zero-order valence-corrected chi connectivity index (χ0v) is 17.8. The van der Waals surface area contributed by atoms with Crippen LogP contribution < -0.4 is 10.9 Å². The molecule has 0 bridgehead atoms. The molecule has 1 unspecified atom stereocenters. The average Bonchev–Trinajstić information content (AvgIpc) is 3.42. The molecule has 0 saturated carbocycles. The first-order valence-corrected chi connectivity index (χ1v) is 11.5. The molecule has 2 N–H and O–H groups in total. The third-order valence-corrected chi connectivity index (χ3v) is 7.07. The lowest BCUT2D eigenvalue weighted by Gasteiger charge is -2.31. The van der Waals surface area contributed by atoms with E-state index in [1.165, 1.54) is 47.3 Å². The monoisotopic (exact) mass is 429 g/mol. The second-order valence-electron chi connectivity index (χ2n) is 7.98. The number of hydrogen-bond acceptors (Lipinski definition) is 5. The molecule has 1 atom stereocenters. The molecule has 8 heteroatoms. The molecule has 4 rings (SSSR count). The minimum absolute atomic E-state index is 0.211. The number of hydrazine groups is 1. The van der Waals surface area contributed by atoms with Crippen molar-refractivity contribution in [1.29, 1.82) is 0 Å². The molecule has 3 heterocycles. The zero-order valence-electron chi connectivity index (χ0n) is 16.9. The maximum Gasteiger partial charge on any atom is 0.289 e. The van der Waals surface area contributed by atoms with Crippen LogP contribution in [0.3, 0.4) is 0 Å². The molecule has 1 fully saturated rings. The number of fused-ring (bicyclic) bond motifs is 1. The van der Waals surface area contributed by atoms with Crippen LogP contribution in [0.15, 0.2) is 28.9 Å². The molecule has 30 heavy (non-hydrogen) atoms. The fourth-order valence-electron chi connectivity index (χ4n) is 4.17. The molecular weight excluding hydrogens is 402 g/mol. The minimum atomic E-state index is -0.360. The van der Waals surface area contributed by atoms with Crippen LogP contribution in [0.25, 0.3) is 0 Å². The number of carbonyl (C=O) groups excluding carboxylic acids is 3. The largest absolute Gasteiger partial charge is 0.459 e. The fourth-order valence-corrected chi connectivity index (χ4v) is 5.32.